The predicted octanol–water partition coefficient (Wildman–Crippen LogP) is 11.1. The van der Waals surface area contributed by atoms with E-state index in [0.717, 1.165) is 61.2 Å². The van der Waals surface area contributed by atoms with Crippen molar-refractivity contribution in [2.75, 3.05) is 0 Å². The molecule has 9 rings (SSSR count). The lowest BCUT2D eigenvalue weighted by Crippen LogP contribution is -2.02. The summed E-state index contributed by atoms with van der Waals surface area (Å²) < 4.78 is 6.52. The van der Waals surface area contributed by atoms with E-state index in [1.807, 2.05) is 54.6 Å². The highest BCUT2D eigenvalue weighted by Gasteiger charge is 2.23. The third-order valence-corrected chi connectivity index (χ3v) is 8.73. The van der Waals surface area contributed by atoms with Gasteiger partial charge >= 0.3 is 0 Å². The van der Waals surface area contributed by atoms with Crippen molar-refractivity contribution in [3.05, 3.63) is 164 Å². The van der Waals surface area contributed by atoms with E-state index in [0.29, 0.717) is 17.5 Å². The van der Waals surface area contributed by atoms with E-state index in [1.54, 1.807) is 0 Å². The van der Waals surface area contributed by atoms with Gasteiger partial charge in [0.05, 0.1) is 0 Å². The number of rotatable bonds is 5. The van der Waals surface area contributed by atoms with Crippen molar-refractivity contribution >= 4 is 10.8 Å². The normalized spacial score (nSPS) is 11.6. The fraction of sp³-hybridized carbons (Fsp3) is 0. The van der Waals surface area contributed by atoms with E-state index >= 15 is 0 Å². The topological polar surface area (TPSA) is 47.9 Å². The zero-order valence-electron chi connectivity index (χ0n) is 25.3. The van der Waals surface area contributed by atoms with Gasteiger partial charge in [0.25, 0.3) is 0 Å². The molecule has 1 aliphatic heterocycles. The second kappa shape index (κ2) is 11.2. The molecule has 0 aliphatic carbocycles. The van der Waals surface area contributed by atoms with Gasteiger partial charge in [-0.2, -0.15) is 0 Å². The Hall–Kier alpha value is -6.39. The zero-order valence-corrected chi connectivity index (χ0v) is 25.3. The van der Waals surface area contributed by atoms with Crippen LogP contribution in [-0.4, -0.2) is 15.0 Å². The van der Waals surface area contributed by atoms with Gasteiger partial charge in [-0.25, -0.2) is 15.0 Å². The number of aromatic nitrogens is 3. The number of fused-ring (bicyclic) bond motifs is 2. The highest BCUT2D eigenvalue weighted by Crippen LogP contribution is 2.49. The molecule has 0 amide bonds. The fourth-order valence-electron chi connectivity index (χ4n) is 6.46. The van der Waals surface area contributed by atoms with Gasteiger partial charge in [0.15, 0.2) is 17.5 Å². The average Bonchev–Trinajstić information content (AvgIpc) is 3.16. The van der Waals surface area contributed by atoms with Crippen LogP contribution in [0.2, 0.25) is 0 Å². The molecule has 0 atom stereocenters. The van der Waals surface area contributed by atoms with Crippen molar-refractivity contribution in [3.63, 3.8) is 0 Å². The first-order chi connectivity index (χ1) is 23.3. The third-order valence-electron chi connectivity index (χ3n) is 8.73. The number of hydrogen-bond acceptors (Lipinski definition) is 4. The molecule has 8 aromatic rings. The summed E-state index contributed by atoms with van der Waals surface area (Å²) in [5, 5.41) is 2.27. The van der Waals surface area contributed by atoms with Crippen LogP contribution in [0.1, 0.15) is 0 Å². The molecule has 220 valence electrons. The lowest BCUT2D eigenvalue weighted by atomic mass is 9.90. The molecule has 47 heavy (non-hydrogen) atoms. The summed E-state index contributed by atoms with van der Waals surface area (Å²) in [6.07, 6.45) is 0. The summed E-state index contributed by atoms with van der Waals surface area (Å²) in [7, 11) is 0. The second-order valence-corrected chi connectivity index (χ2v) is 11.6. The molecular formula is C43H27N3O. The molecule has 0 bridgehead atoms. The molecule has 0 radical (unpaired) electrons. The van der Waals surface area contributed by atoms with Crippen LogP contribution in [0.15, 0.2) is 164 Å². The molecule has 0 saturated heterocycles. The standard InChI is InChI=1S/C43H27N3O/c1-4-12-28(13-5-1)31-18-10-19-32(26-31)42-44-41(30-16-8-3-9-17-30)45-43(46-42)33-22-24-38-37(27-33)36-21-11-20-35-34(29-14-6-2-7-15-29)23-25-39(47-38)40(35)36/h1-27H. The van der Waals surface area contributed by atoms with Crippen LogP contribution in [0.3, 0.4) is 0 Å². The first-order valence-corrected chi connectivity index (χ1v) is 15.7. The maximum absolute atomic E-state index is 6.52. The number of benzene rings is 7. The van der Waals surface area contributed by atoms with E-state index in [1.165, 1.54) is 11.1 Å². The van der Waals surface area contributed by atoms with Gasteiger partial charge in [-0.15, -0.1) is 0 Å². The van der Waals surface area contributed by atoms with Gasteiger partial charge in [-0.3, -0.25) is 0 Å². The lowest BCUT2D eigenvalue weighted by molar-refractivity contribution is 0.487. The lowest BCUT2D eigenvalue weighted by Gasteiger charge is -2.23. The fourth-order valence-corrected chi connectivity index (χ4v) is 6.46. The summed E-state index contributed by atoms with van der Waals surface area (Å²) in [5.74, 6) is 3.54. The number of hydrogen-bond donors (Lipinski definition) is 0. The number of nitrogens with zero attached hydrogens (tertiary/aromatic N) is 3. The van der Waals surface area contributed by atoms with Crippen molar-refractivity contribution in [2.45, 2.75) is 0 Å². The molecular weight excluding hydrogens is 574 g/mol. The maximum Gasteiger partial charge on any atom is 0.164 e. The van der Waals surface area contributed by atoms with E-state index < -0.39 is 0 Å². The van der Waals surface area contributed by atoms with Crippen LogP contribution in [0.5, 0.6) is 11.5 Å². The minimum Gasteiger partial charge on any atom is -0.456 e. The van der Waals surface area contributed by atoms with E-state index in [-0.39, 0.29) is 0 Å². The molecule has 1 aliphatic rings. The van der Waals surface area contributed by atoms with Crippen molar-refractivity contribution < 1.29 is 4.74 Å². The van der Waals surface area contributed by atoms with Crippen LogP contribution in [0.25, 0.3) is 78.3 Å². The van der Waals surface area contributed by atoms with Crippen LogP contribution in [-0.2, 0) is 0 Å². The Morgan fingerprint density at radius 3 is 1.60 bits per heavy atom. The Morgan fingerprint density at radius 1 is 0.319 bits per heavy atom. The van der Waals surface area contributed by atoms with Gasteiger partial charge in [-0.1, -0.05) is 133 Å². The van der Waals surface area contributed by atoms with Crippen molar-refractivity contribution in [3.8, 4) is 79.0 Å². The quantitative estimate of drug-likeness (QED) is 0.197. The molecule has 0 fully saturated rings. The molecule has 0 saturated carbocycles. The molecule has 4 nitrogen and oxygen atoms in total. The molecule has 0 N–H and O–H groups in total. The molecule has 0 unspecified atom stereocenters. The first-order valence-electron chi connectivity index (χ1n) is 15.7. The SMILES string of the molecule is c1ccc(-c2cccc(-c3nc(-c4ccccc4)nc(-c4ccc5c(c4)-c4cccc6c(-c7ccccc7)ccc(c46)O5)n3)c2)cc1. The predicted molar refractivity (Wildman–Crippen MR) is 190 cm³/mol. The third kappa shape index (κ3) is 4.84. The summed E-state index contributed by atoms with van der Waals surface area (Å²) in [6.45, 7) is 0. The summed E-state index contributed by atoms with van der Waals surface area (Å²) in [5.41, 5.74) is 9.52. The Kier molecular flexibility index (Phi) is 6.43. The largest absolute Gasteiger partial charge is 0.456 e. The van der Waals surface area contributed by atoms with Gasteiger partial charge in [0.2, 0.25) is 0 Å². The highest BCUT2D eigenvalue weighted by atomic mass is 16.5. The van der Waals surface area contributed by atoms with Crippen molar-refractivity contribution in [1.29, 1.82) is 0 Å². The van der Waals surface area contributed by atoms with Crippen LogP contribution in [0, 0.1) is 0 Å². The Bertz CT molecular complexity index is 2420. The van der Waals surface area contributed by atoms with Crippen LogP contribution in [0.4, 0.5) is 0 Å². The van der Waals surface area contributed by atoms with E-state index in [4.69, 9.17) is 19.7 Å². The minimum atomic E-state index is 0.609. The highest BCUT2D eigenvalue weighted by molar-refractivity contribution is 6.10. The maximum atomic E-state index is 6.52. The second-order valence-electron chi connectivity index (χ2n) is 11.6. The van der Waals surface area contributed by atoms with Crippen molar-refractivity contribution in [2.24, 2.45) is 0 Å². The molecule has 4 heteroatoms. The van der Waals surface area contributed by atoms with Crippen LogP contribution < -0.4 is 4.74 Å². The molecule has 1 aromatic heterocycles. The van der Waals surface area contributed by atoms with Gasteiger partial charge in [-0.05, 0) is 63.5 Å². The molecule has 7 aromatic carbocycles. The van der Waals surface area contributed by atoms with Crippen molar-refractivity contribution in [1.82, 2.24) is 15.0 Å². The summed E-state index contributed by atoms with van der Waals surface area (Å²) >= 11 is 0. The van der Waals surface area contributed by atoms with Crippen LogP contribution >= 0.6 is 0 Å². The average molecular weight is 602 g/mol. The first kappa shape index (κ1) is 27.0. The molecule has 2 heterocycles. The monoisotopic (exact) mass is 601 g/mol. The van der Waals surface area contributed by atoms with Gasteiger partial charge in [0, 0.05) is 27.6 Å². The Balaban J connectivity index is 1.20. The summed E-state index contributed by atoms with van der Waals surface area (Å²) in [4.78, 5) is 15.1. The zero-order chi connectivity index (χ0) is 31.2. The van der Waals surface area contributed by atoms with E-state index in [2.05, 4.69) is 109 Å². The Morgan fingerprint density at radius 2 is 0.872 bits per heavy atom. The Labute approximate surface area is 272 Å². The minimum absolute atomic E-state index is 0.609. The smallest absolute Gasteiger partial charge is 0.164 e. The number of ether oxygens (including phenoxy) is 1. The van der Waals surface area contributed by atoms with E-state index in [9.17, 15) is 0 Å². The van der Waals surface area contributed by atoms with Gasteiger partial charge < -0.3 is 4.74 Å². The van der Waals surface area contributed by atoms with Gasteiger partial charge in [0.1, 0.15) is 11.5 Å². The summed E-state index contributed by atoms with van der Waals surface area (Å²) in [6, 6.07) is 56.3. The molecule has 0 spiro atoms.